The number of aryl methyl sites for hydroxylation is 3. The molecular weight excluding hydrogens is 1500 g/mol. The van der Waals surface area contributed by atoms with Gasteiger partial charge in [-0.25, -0.2) is 86.2 Å². The molecule has 3 atom stereocenters. The molecule has 0 spiro atoms. The van der Waals surface area contributed by atoms with Gasteiger partial charge >= 0.3 is 0 Å². The fourth-order valence-corrected chi connectivity index (χ4v) is 16.6. The molecule has 3 saturated heterocycles. The lowest BCUT2D eigenvalue weighted by molar-refractivity contribution is -0.0382. The molecule has 15 rings (SSSR count). The first-order chi connectivity index (χ1) is 55.8. The molecule has 3 aliphatic heterocycles. The van der Waals surface area contributed by atoms with Gasteiger partial charge in [0.05, 0.1) is 51.9 Å². The minimum absolute atomic E-state index is 0.0201. The molecule has 12 aromatic rings. The Labute approximate surface area is 677 Å². The first-order valence-corrected chi connectivity index (χ1v) is 40.4. The van der Waals surface area contributed by atoms with E-state index in [-0.39, 0.29) is 87.4 Å². The van der Waals surface area contributed by atoms with E-state index in [2.05, 4.69) is 111 Å². The van der Waals surface area contributed by atoms with Crippen LogP contribution < -0.4 is 16.0 Å². The summed E-state index contributed by atoms with van der Waals surface area (Å²) in [6.07, 6.45) is 12.7. The van der Waals surface area contributed by atoms with Gasteiger partial charge in [0.15, 0.2) is 34.9 Å². The van der Waals surface area contributed by atoms with Crippen LogP contribution in [0.1, 0.15) is 192 Å². The van der Waals surface area contributed by atoms with Crippen molar-refractivity contribution in [3.8, 4) is 33.8 Å². The fraction of sp³-hybridized carbons (Fsp3) is 0.448. The van der Waals surface area contributed by atoms with E-state index in [0.717, 1.165) is 133 Å². The molecule has 1 unspecified atom stereocenters. The second-order valence-electron chi connectivity index (χ2n) is 32.1. The number of pyridine rings is 3. The number of piperidine rings is 3. The largest absolute Gasteiger partial charge is 0.389 e. The number of anilines is 6. The van der Waals surface area contributed by atoms with Crippen molar-refractivity contribution >= 4 is 68.4 Å². The van der Waals surface area contributed by atoms with Crippen molar-refractivity contribution in [3.63, 3.8) is 0 Å². The van der Waals surface area contributed by atoms with Gasteiger partial charge in [0.1, 0.15) is 68.6 Å². The van der Waals surface area contributed by atoms with Crippen LogP contribution >= 0.6 is 0 Å². The van der Waals surface area contributed by atoms with Gasteiger partial charge in [0.2, 0.25) is 17.8 Å². The molecule has 0 saturated carbocycles. The molecule has 3 aromatic carbocycles. The van der Waals surface area contributed by atoms with Gasteiger partial charge in [-0.3, -0.25) is 0 Å². The van der Waals surface area contributed by atoms with Crippen LogP contribution in [0.4, 0.5) is 61.6 Å². The molecule has 0 aliphatic carbocycles. The first kappa shape index (κ1) is 84.4. The van der Waals surface area contributed by atoms with Gasteiger partial charge < -0.3 is 59.7 Å². The van der Waals surface area contributed by atoms with E-state index < -0.39 is 51.7 Å². The Bertz CT molecular complexity index is 4970. The summed E-state index contributed by atoms with van der Waals surface area (Å²) in [5.41, 5.74) is 3.83. The lowest BCUT2D eigenvalue weighted by Gasteiger charge is -2.41. The molecule has 12 heterocycles. The maximum absolute atomic E-state index is 15.0. The van der Waals surface area contributed by atoms with Crippen molar-refractivity contribution in [2.24, 2.45) is 0 Å². The average molecular weight is 1610 g/mol. The molecule has 30 heteroatoms. The van der Waals surface area contributed by atoms with Gasteiger partial charge in [-0.05, 0) is 192 Å². The Morgan fingerprint density at radius 2 is 0.590 bits per heavy atom. The number of benzene rings is 3. The number of aliphatic hydroxyl groups is 3. The Morgan fingerprint density at radius 1 is 0.342 bits per heavy atom. The third kappa shape index (κ3) is 18.0. The summed E-state index contributed by atoms with van der Waals surface area (Å²) in [6, 6.07) is 20.2. The lowest BCUT2D eigenvalue weighted by atomic mass is 9.77. The molecule has 3 fully saturated rings. The summed E-state index contributed by atoms with van der Waals surface area (Å²) in [6.45, 7) is 38.1. The fourth-order valence-electron chi connectivity index (χ4n) is 16.6. The molecule has 0 radical (unpaired) electrons. The highest BCUT2D eigenvalue weighted by molar-refractivity contribution is 5.85. The number of hydrogen-bond acceptors (Lipinski definition) is 21. The van der Waals surface area contributed by atoms with E-state index in [1.165, 1.54) is 18.2 Å². The summed E-state index contributed by atoms with van der Waals surface area (Å²) < 4.78 is 95.2. The highest BCUT2D eigenvalue weighted by Crippen LogP contribution is 2.42. The van der Waals surface area contributed by atoms with Crippen LogP contribution in [-0.2, 0) is 0 Å². The third-order valence-corrected chi connectivity index (χ3v) is 23.9. The minimum atomic E-state index is -0.767. The molecule has 9 aromatic heterocycles. The number of nitrogens with zero attached hydrogens (tertiary/aromatic N) is 18. The number of aromatic nitrogens is 15. The van der Waals surface area contributed by atoms with E-state index in [9.17, 15) is 41.7 Å². The molecule has 117 heavy (non-hydrogen) atoms. The molecule has 24 nitrogen and oxygen atoms in total. The SMILES string of the molecule is CCN1CCC(O)(C(C)c2ccc(Nc3ncc(F)c(-c4cc(F)c5nc(C)n(C(C)C)c5c4)n3)nc2)CC1.CCN1CCC(O)([C@@H](C)c2ccc(Nc3ncc(F)c(-c4cc(F)c5nc(C)n(C(C)C)c5c4)n3)nc2)CC1.CCN1CCC(O)([C@H](C)c2ccc(Nc3ncc(F)c(-c4cc(F)c5nc(C)n(C(C)C)c5c4)n3)nc2)CC1. The van der Waals surface area contributed by atoms with E-state index in [1.807, 2.05) is 115 Å². The van der Waals surface area contributed by atoms with Crippen molar-refractivity contribution in [3.05, 3.63) is 179 Å². The van der Waals surface area contributed by atoms with Crippen LogP contribution in [0.25, 0.3) is 66.9 Å². The zero-order valence-corrected chi connectivity index (χ0v) is 69.1. The van der Waals surface area contributed by atoms with Crippen molar-refractivity contribution in [1.82, 2.24) is 88.2 Å². The standard InChI is InChI=1S/3C29H35F2N7O/c3*1-6-37-11-9-29(39,10-12-37)18(4)20-7-8-25(32-15-20)35-28-33-16-23(31)26(36-28)21-13-22(30)27-24(14-21)38(17(2)3)19(5)34-27/h3*7-8,13-18,39H,6,9-12H2,1-5H3,(H,32,33,35,36)/t2*18-;/m10./s1. The molecule has 6 N–H and O–H groups in total. The Balaban J connectivity index is 0.000000152. The average Bonchev–Trinajstić information content (AvgIpc) is 1.64. The zero-order valence-electron chi connectivity index (χ0n) is 69.1. The smallest absolute Gasteiger partial charge is 0.229 e. The summed E-state index contributed by atoms with van der Waals surface area (Å²) in [7, 11) is 0. The second-order valence-corrected chi connectivity index (χ2v) is 32.1. The second kappa shape index (κ2) is 35.0. The zero-order chi connectivity index (χ0) is 83.7. The van der Waals surface area contributed by atoms with Crippen LogP contribution in [0.15, 0.2) is 110 Å². The maximum Gasteiger partial charge on any atom is 0.229 e. The maximum atomic E-state index is 15.0. The number of rotatable bonds is 21. The number of likely N-dealkylation sites (tertiary alicyclic amines) is 3. The van der Waals surface area contributed by atoms with Crippen LogP contribution in [0.3, 0.4) is 0 Å². The predicted octanol–water partition coefficient (Wildman–Crippen LogP) is 17.2. The van der Waals surface area contributed by atoms with E-state index >= 15 is 0 Å². The van der Waals surface area contributed by atoms with Crippen molar-refractivity contribution in [2.45, 2.75) is 195 Å². The summed E-state index contributed by atoms with van der Waals surface area (Å²) in [4.78, 5) is 58.7. The van der Waals surface area contributed by atoms with Crippen LogP contribution in [0, 0.1) is 55.7 Å². The van der Waals surface area contributed by atoms with E-state index in [4.69, 9.17) is 0 Å². The predicted molar refractivity (Wildman–Crippen MR) is 444 cm³/mol. The van der Waals surface area contributed by atoms with Crippen LogP contribution in [0.2, 0.25) is 0 Å². The summed E-state index contributed by atoms with van der Waals surface area (Å²) in [5, 5.41) is 42.8. The third-order valence-electron chi connectivity index (χ3n) is 23.9. The number of halogens is 6. The van der Waals surface area contributed by atoms with Gasteiger partial charge in [-0.15, -0.1) is 0 Å². The molecule has 0 amide bonds. The van der Waals surface area contributed by atoms with Gasteiger partial charge in [0, 0.05) is 110 Å². The van der Waals surface area contributed by atoms with Crippen molar-refractivity contribution < 1.29 is 41.7 Å². The van der Waals surface area contributed by atoms with Crippen molar-refractivity contribution in [1.29, 1.82) is 0 Å². The Kier molecular flexibility index (Phi) is 25.2. The van der Waals surface area contributed by atoms with E-state index in [0.29, 0.717) is 68.2 Å². The van der Waals surface area contributed by atoms with E-state index in [1.54, 1.807) is 55.0 Å². The summed E-state index contributed by atoms with van der Waals surface area (Å²) >= 11 is 0. The first-order valence-electron chi connectivity index (χ1n) is 40.4. The van der Waals surface area contributed by atoms with Crippen LogP contribution in [-0.4, -0.2) is 179 Å². The number of fused-ring (bicyclic) bond motifs is 3. The molecule has 3 aliphatic rings. The monoisotopic (exact) mass is 1610 g/mol. The number of hydrogen-bond donors (Lipinski definition) is 6. The topological polar surface area (TPSA) is 276 Å². The Hall–Kier alpha value is -10.5. The number of imidazole rings is 3. The molecular formula is C87H105F6N21O3. The van der Waals surface area contributed by atoms with Crippen LogP contribution in [0.5, 0.6) is 0 Å². The van der Waals surface area contributed by atoms with Gasteiger partial charge in [0.25, 0.3) is 0 Å². The highest BCUT2D eigenvalue weighted by Gasteiger charge is 2.41. The lowest BCUT2D eigenvalue weighted by Crippen LogP contribution is -2.47. The van der Waals surface area contributed by atoms with Crippen molar-refractivity contribution in [2.75, 3.05) is 74.9 Å². The van der Waals surface area contributed by atoms with Gasteiger partial charge in [-0.1, -0.05) is 59.7 Å². The number of nitrogens with one attached hydrogen (secondary N) is 3. The quantitative estimate of drug-likeness (QED) is 0.0365. The Morgan fingerprint density at radius 3 is 0.803 bits per heavy atom. The van der Waals surface area contributed by atoms with Gasteiger partial charge in [-0.2, -0.15) is 0 Å². The minimum Gasteiger partial charge on any atom is -0.389 e. The normalized spacial score (nSPS) is 16.6. The molecule has 618 valence electrons. The molecule has 0 bridgehead atoms. The summed E-state index contributed by atoms with van der Waals surface area (Å²) in [5.74, 6) is 0.101. The highest BCUT2D eigenvalue weighted by atomic mass is 19.1.